The van der Waals surface area contributed by atoms with Gasteiger partial charge in [-0.15, -0.1) is 0 Å². The maximum atomic E-state index is 11.9. The number of hydrogen-bond acceptors (Lipinski definition) is 2. The van der Waals surface area contributed by atoms with E-state index in [1.807, 2.05) is 19.0 Å². The molecule has 0 spiro atoms. The van der Waals surface area contributed by atoms with Crippen LogP contribution in [0.2, 0.25) is 0 Å². The second kappa shape index (κ2) is 5.44. The van der Waals surface area contributed by atoms with Crippen LogP contribution in [0.25, 0.3) is 0 Å². The Balaban J connectivity index is 3.76. The lowest BCUT2D eigenvalue weighted by Gasteiger charge is -2.18. The Morgan fingerprint density at radius 1 is 1.31 bits per heavy atom. The van der Waals surface area contributed by atoms with Crippen molar-refractivity contribution in [3.63, 3.8) is 0 Å². The predicted molar refractivity (Wildman–Crippen MR) is 46.4 cm³/mol. The van der Waals surface area contributed by atoms with E-state index in [0.29, 0.717) is 13.0 Å². The van der Waals surface area contributed by atoms with Gasteiger partial charge in [0.05, 0.1) is 0 Å². The fourth-order valence-corrected chi connectivity index (χ4v) is 1.07. The lowest BCUT2D eigenvalue weighted by atomic mass is 10.0. The van der Waals surface area contributed by atoms with Gasteiger partial charge >= 0.3 is 6.18 Å². The highest BCUT2D eigenvalue weighted by molar-refractivity contribution is 4.66. The van der Waals surface area contributed by atoms with Gasteiger partial charge in [-0.1, -0.05) is 0 Å². The van der Waals surface area contributed by atoms with Gasteiger partial charge in [-0.05, 0) is 39.5 Å². The van der Waals surface area contributed by atoms with Crippen molar-refractivity contribution in [3.05, 3.63) is 0 Å². The van der Waals surface area contributed by atoms with Crippen molar-refractivity contribution >= 4 is 0 Å². The van der Waals surface area contributed by atoms with Gasteiger partial charge in [0.15, 0.2) is 0 Å². The standard InChI is InChI=1S/C8H17F3N2/c1-13(2)4-3-7(6-12)5-8(9,10)11/h7H,3-6,12H2,1-2H3. The van der Waals surface area contributed by atoms with Crippen LogP contribution >= 0.6 is 0 Å². The van der Waals surface area contributed by atoms with Gasteiger partial charge in [0.1, 0.15) is 0 Å². The van der Waals surface area contributed by atoms with Gasteiger partial charge in [0, 0.05) is 6.42 Å². The lowest BCUT2D eigenvalue weighted by Crippen LogP contribution is -2.26. The summed E-state index contributed by atoms with van der Waals surface area (Å²) >= 11 is 0. The van der Waals surface area contributed by atoms with Gasteiger partial charge < -0.3 is 10.6 Å². The average Bonchev–Trinajstić information content (AvgIpc) is 1.95. The van der Waals surface area contributed by atoms with E-state index in [0.717, 1.165) is 0 Å². The fourth-order valence-electron chi connectivity index (χ4n) is 1.07. The minimum absolute atomic E-state index is 0.105. The Labute approximate surface area is 76.9 Å². The van der Waals surface area contributed by atoms with Crippen molar-refractivity contribution < 1.29 is 13.2 Å². The third-order valence-electron chi connectivity index (χ3n) is 1.84. The summed E-state index contributed by atoms with van der Waals surface area (Å²) in [6, 6.07) is 0. The number of nitrogens with zero attached hydrogens (tertiary/aromatic N) is 1. The van der Waals surface area contributed by atoms with Gasteiger partial charge in [-0.3, -0.25) is 0 Å². The molecule has 2 N–H and O–H groups in total. The zero-order valence-electron chi connectivity index (χ0n) is 8.06. The molecule has 1 atom stereocenters. The quantitative estimate of drug-likeness (QED) is 0.724. The van der Waals surface area contributed by atoms with Crippen LogP contribution < -0.4 is 5.73 Å². The van der Waals surface area contributed by atoms with Crippen LogP contribution in [0.15, 0.2) is 0 Å². The molecule has 0 aromatic carbocycles. The maximum absolute atomic E-state index is 11.9. The Morgan fingerprint density at radius 2 is 1.85 bits per heavy atom. The Bertz CT molecular complexity index is 134. The molecule has 0 fully saturated rings. The molecule has 0 saturated carbocycles. The fraction of sp³-hybridized carbons (Fsp3) is 1.00. The molecule has 5 heteroatoms. The maximum Gasteiger partial charge on any atom is 0.389 e. The Morgan fingerprint density at radius 3 is 2.15 bits per heavy atom. The molecule has 0 aliphatic rings. The molecule has 0 heterocycles. The number of rotatable bonds is 5. The van der Waals surface area contributed by atoms with Crippen LogP contribution in [0.3, 0.4) is 0 Å². The number of halogens is 3. The SMILES string of the molecule is CN(C)CCC(CN)CC(F)(F)F. The van der Waals surface area contributed by atoms with Crippen molar-refractivity contribution in [3.8, 4) is 0 Å². The second-order valence-corrected chi connectivity index (χ2v) is 3.51. The first-order chi connectivity index (χ1) is 5.85. The average molecular weight is 198 g/mol. The van der Waals surface area contributed by atoms with Crippen LogP contribution in [0, 0.1) is 5.92 Å². The smallest absolute Gasteiger partial charge is 0.330 e. The summed E-state index contributed by atoms with van der Waals surface area (Å²) in [5.41, 5.74) is 5.25. The Hall–Kier alpha value is -0.290. The van der Waals surface area contributed by atoms with Crippen molar-refractivity contribution in [2.45, 2.75) is 19.0 Å². The molecule has 80 valence electrons. The van der Waals surface area contributed by atoms with Gasteiger partial charge in [0.25, 0.3) is 0 Å². The summed E-state index contributed by atoms with van der Waals surface area (Å²) in [7, 11) is 3.67. The highest BCUT2D eigenvalue weighted by Gasteiger charge is 2.30. The van der Waals surface area contributed by atoms with Crippen LogP contribution in [0.5, 0.6) is 0 Å². The highest BCUT2D eigenvalue weighted by atomic mass is 19.4. The molecular weight excluding hydrogens is 181 g/mol. The number of alkyl halides is 3. The monoisotopic (exact) mass is 198 g/mol. The molecule has 0 aromatic rings. The molecule has 0 aliphatic heterocycles. The van der Waals surface area contributed by atoms with Crippen LogP contribution in [0.1, 0.15) is 12.8 Å². The van der Waals surface area contributed by atoms with Gasteiger partial charge in [-0.25, -0.2) is 0 Å². The molecular formula is C8H17F3N2. The largest absolute Gasteiger partial charge is 0.389 e. The highest BCUT2D eigenvalue weighted by Crippen LogP contribution is 2.25. The van der Waals surface area contributed by atoms with Crippen LogP contribution in [-0.2, 0) is 0 Å². The summed E-state index contributed by atoms with van der Waals surface area (Å²) in [6.07, 6.45) is -4.35. The molecule has 0 bridgehead atoms. The molecule has 0 saturated heterocycles. The second-order valence-electron chi connectivity index (χ2n) is 3.51. The third-order valence-corrected chi connectivity index (χ3v) is 1.84. The van der Waals surface area contributed by atoms with E-state index in [2.05, 4.69) is 0 Å². The first-order valence-electron chi connectivity index (χ1n) is 4.26. The summed E-state index contributed by atoms with van der Waals surface area (Å²) in [5, 5.41) is 0. The number of hydrogen-bond donors (Lipinski definition) is 1. The van der Waals surface area contributed by atoms with E-state index in [4.69, 9.17) is 5.73 Å². The van der Waals surface area contributed by atoms with E-state index in [9.17, 15) is 13.2 Å². The van der Waals surface area contributed by atoms with Gasteiger partial charge in [0.2, 0.25) is 0 Å². The van der Waals surface area contributed by atoms with Crippen molar-refractivity contribution in [2.75, 3.05) is 27.2 Å². The number of nitrogens with two attached hydrogens (primary N) is 1. The summed E-state index contributed by atoms with van der Waals surface area (Å²) in [5.74, 6) is -0.442. The summed E-state index contributed by atoms with van der Waals surface area (Å²) in [6.45, 7) is 0.755. The lowest BCUT2D eigenvalue weighted by molar-refractivity contribution is -0.144. The van der Waals surface area contributed by atoms with Crippen LogP contribution in [-0.4, -0.2) is 38.3 Å². The van der Waals surface area contributed by atoms with Crippen molar-refractivity contribution in [1.82, 2.24) is 4.90 Å². The molecule has 0 aliphatic carbocycles. The minimum Gasteiger partial charge on any atom is -0.330 e. The van der Waals surface area contributed by atoms with E-state index >= 15 is 0 Å². The normalized spacial score (nSPS) is 15.0. The summed E-state index contributed by atoms with van der Waals surface area (Å²) < 4.78 is 35.8. The van der Waals surface area contributed by atoms with E-state index < -0.39 is 18.5 Å². The van der Waals surface area contributed by atoms with E-state index in [1.54, 1.807) is 0 Å². The minimum atomic E-state index is -4.09. The summed E-state index contributed by atoms with van der Waals surface area (Å²) in [4.78, 5) is 1.86. The topological polar surface area (TPSA) is 29.3 Å². The van der Waals surface area contributed by atoms with E-state index in [1.165, 1.54) is 0 Å². The van der Waals surface area contributed by atoms with Gasteiger partial charge in [-0.2, -0.15) is 13.2 Å². The predicted octanol–water partition coefficient (Wildman–Crippen LogP) is 1.47. The zero-order chi connectivity index (χ0) is 10.5. The molecule has 0 amide bonds. The molecule has 1 unspecified atom stereocenters. The first kappa shape index (κ1) is 12.7. The van der Waals surface area contributed by atoms with E-state index in [-0.39, 0.29) is 6.54 Å². The third kappa shape index (κ3) is 8.05. The molecule has 2 nitrogen and oxygen atoms in total. The molecule has 0 rings (SSSR count). The van der Waals surface area contributed by atoms with Crippen molar-refractivity contribution in [1.29, 1.82) is 0 Å². The zero-order valence-corrected chi connectivity index (χ0v) is 8.06. The molecule has 0 aromatic heterocycles. The Kier molecular flexibility index (Phi) is 5.32. The first-order valence-corrected chi connectivity index (χ1v) is 4.26. The molecule has 13 heavy (non-hydrogen) atoms. The molecule has 0 radical (unpaired) electrons. The van der Waals surface area contributed by atoms with Crippen LogP contribution in [0.4, 0.5) is 13.2 Å². The van der Waals surface area contributed by atoms with Crippen molar-refractivity contribution in [2.24, 2.45) is 11.7 Å².